The van der Waals surface area contributed by atoms with E-state index in [1.807, 2.05) is 13.0 Å². The summed E-state index contributed by atoms with van der Waals surface area (Å²) in [6, 6.07) is 14.2. The second-order valence-corrected chi connectivity index (χ2v) is 6.52. The second kappa shape index (κ2) is 6.49. The average molecular weight is 306 g/mol. The van der Waals surface area contributed by atoms with Gasteiger partial charge in [-0.25, -0.2) is 8.42 Å². The summed E-state index contributed by atoms with van der Waals surface area (Å²) in [5, 5.41) is 0. The summed E-state index contributed by atoms with van der Waals surface area (Å²) in [5.74, 6) is 0.346. The number of nitrogens with one attached hydrogen (secondary N) is 1. The van der Waals surface area contributed by atoms with Crippen molar-refractivity contribution in [2.45, 2.75) is 6.92 Å². The van der Waals surface area contributed by atoms with E-state index >= 15 is 0 Å². The first-order valence-electron chi connectivity index (χ1n) is 6.51. The Morgan fingerprint density at radius 1 is 1.14 bits per heavy atom. The number of nitrogens with two attached hydrogens (primary N) is 1. The van der Waals surface area contributed by atoms with Crippen LogP contribution in [0.15, 0.2) is 48.5 Å². The van der Waals surface area contributed by atoms with Gasteiger partial charge in [0.15, 0.2) is 0 Å². The third-order valence-electron chi connectivity index (χ3n) is 2.82. The summed E-state index contributed by atoms with van der Waals surface area (Å²) < 4.78 is 31.8. The van der Waals surface area contributed by atoms with Crippen LogP contribution in [0, 0.1) is 6.92 Å². The first kappa shape index (κ1) is 15.2. The van der Waals surface area contributed by atoms with Crippen molar-refractivity contribution in [2.75, 3.05) is 22.8 Å². The summed E-state index contributed by atoms with van der Waals surface area (Å²) in [5.41, 5.74) is 7.75. The number of sulfonamides is 1. The van der Waals surface area contributed by atoms with Crippen LogP contribution in [0.5, 0.6) is 5.75 Å². The van der Waals surface area contributed by atoms with Crippen LogP contribution in [-0.2, 0) is 10.0 Å². The number of ether oxygens (including phenoxy) is 1. The standard InChI is InChI=1S/C15H18N2O3S/c1-12-5-4-6-13(11-12)17-21(18,19)10-9-20-15-8-3-2-7-14(15)16/h2-8,11,17H,9-10,16H2,1H3. The van der Waals surface area contributed by atoms with E-state index in [-0.39, 0.29) is 12.4 Å². The molecule has 0 aromatic heterocycles. The van der Waals surface area contributed by atoms with E-state index in [1.54, 1.807) is 42.5 Å². The van der Waals surface area contributed by atoms with Crippen molar-refractivity contribution in [1.82, 2.24) is 0 Å². The smallest absolute Gasteiger partial charge is 0.236 e. The molecule has 5 nitrogen and oxygen atoms in total. The van der Waals surface area contributed by atoms with E-state index in [2.05, 4.69) is 4.72 Å². The highest BCUT2D eigenvalue weighted by molar-refractivity contribution is 7.92. The van der Waals surface area contributed by atoms with Gasteiger partial charge in [0.05, 0.1) is 5.69 Å². The van der Waals surface area contributed by atoms with Gasteiger partial charge in [0, 0.05) is 5.69 Å². The van der Waals surface area contributed by atoms with Crippen LogP contribution in [0.4, 0.5) is 11.4 Å². The highest BCUT2D eigenvalue weighted by Crippen LogP contribution is 2.19. The van der Waals surface area contributed by atoms with Crippen molar-refractivity contribution < 1.29 is 13.2 Å². The fraction of sp³-hybridized carbons (Fsp3) is 0.200. The molecule has 112 valence electrons. The number of anilines is 2. The molecule has 0 fully saturated rings. The Hall–Kier alpha value is -2.21. The van der Waals surface area contributed by atoms with Crippen molar-refractivity contribution in [3.05, 3.63) is 54.1 Å². The Morgan fingerprint density at radius 3 is 2.62 bits per heavy atom. The Balaban J connectivity index is 1.91. The van der Waals surface area contributed by atoms with Gasteiger partial charge in [-0.15, -0.1) is 0 Å². The van der Waals surface area contributed by atoms with Gasteiger partial charge in [-0.3, -0.25) is 4.72 Å². The molecule has 21 heavy (non-hydrogen) atoms. The molecule has 2 aromatic rings. The van der Waals surface area contributed by atoms with Gasteiger partial charge in [0.25, 0.3) is 0 Å². The predicted molar refractivity (Wildman–Crippen MR) is 84.9 cm³/mol. The molecule has 0 unspecified atom stereocenters. The van der Waals surface area contributed by atoms with Crippen LogP contribution in [-0.4, -0.2) is 20.8 Å². The maximum atomic E-state index is 12.0. The zero-order valence-electron chi connectivity index (χ0n) is 11.7. The summed E-state index contributed by atoms with van der Waals surface area (Å²) in [4.78, 5) is 0. The molecule has 2 rings (SSSR count). The first-order valence-corrected chi connectivity index (χ1v) is 8.16. The summed E-state index contributed by atoms with van der Waals surface area (Å²) in [6.07, 6.45) is 0. The molecule has 0 atom stereocenters. The third kappa shape index (κ3) is 4.68. The molecule has 2 aromatic carbocycles. The summed E-state index contributed by atoms with van der Waals surface area (Å²) in [7, 11) is -3.45. The number of hydrogen-bond acceptors (Lipinski definition) is 4. The average Bonchev–Trinajstić information content (AvgIpc) is 2.40. The van der Waals surface area contributed by atoms with Crippen molar-refractivity contribution >= 4 is 21.4 Å². The molecule has 0 saturated heterocycles. The lowest BCUT2D eigenvalue weighted by atomic mass is 10.2. The van der Waals surface area contributed by atoms with E-state index in [4.69, 9.17) is 10.5 Å². The van der Waals surface area contributed by atoms with E-state index < -0.39 is 10.0 Å². The van der Waals surface area contributed by atoms with Gasteiger partial charge in [-0.05, 0) is 36.8 Å². The SMILES string of the molecule is Cc1cccc(NS(=O)(=O)CCOc2ccccc2N)c1. The minimum atomic E-state index is -3.45. The van der Waals surface area contributed by atoms with Crippen molar-refractivity contribution in [3.8, 4) is 5.75 Å². The fourth-order valence-corrected chi connectivity index (χ4v) is 2.70. The fourth-order valence-electron chi connectivity index (χ4n) is 1.81. The number of nitrogen functional groups attached to an aromatic ring is 1. The summed E-state index contributed by atoms with van der Waals surface area (Å²) in [6.45, 7) is 1.94. The zero-order chi connectivity index (χ0) is 15.3. The number of aryl methyl sites for hydroxylation is 1. The molecule has 0 aliphatic rings. The molecule has 0 amide bonds. The normalized spacial score (nSPS) is 11.1. The lowest BCUT2D eigenvalue weighted by Crippen LogP contribution is -2.21. The largest absolute Gasteiger partial charge is 0.490 e. The molecule has 0 bridgehead atoms. The molecular weight excluding hydrogens is 288 g/mol. The van der Waals surface area contributed by atoms with Crippen LogP contribution in [0.3, 0.4) is 0 Å². The number of hydrogen-bond donors (Lipinski definition) is 2. The quantitative estimate of drug-likeness (QED) is 0.803. The Morgan fingerprint density at radius 2 is 1.90 bits per heavy atom. The van der Waals surface area contributed by atoms with Crippen molar-refractivity contribution in [3.63, 3.8) is 0 Å². The highest BCUT2D eigenvalue weighted by Gasteiger charge is 2.11. The number of para-hydroxylation sites is 2. The molecule has 0 aliphatic heterocycles. The third-order valence-corrected chi connectivity index (χ3v) is 4.07. The monoisotopic (exact) mass is 306 g/mol. The van der Waals surface area contributed by atoms with Gasteiger partial charge < -0.3 is 10.5 Å². The highest BCUT2D eigenvalue weighted by atomic mass is 32.2. The van der Waals surface area contributed by atoms with E-state index in [9.17, 15) is 8.42 Å². The molecule has 3 N–H and O–H groups in total. The van der Waals surface area contributed by atoms with Gasteiger partial charge in [0.1, 0.15) is 18.1 Å². The van der Waals surface area contributed by atoms with E-state index in [1.165, 1.54) is 0 Å². The molecule has 0 heterocycles. The topological polar surface area (TPSA) is 81.4 Å². The van der Waals surface area contributed by atoms with Gasteiger partial charge in [-0.2, -0.15) is 0 Å². The van der Waals surface area contributed by atoms with Crippen LogP contribution in [0.1, 0.15) is 5.56 Å². The first-order chi connectivity index (χ1) is 9.96. The lowest BCUT2D eigenvalue weighted by molar-refractivity contribution is 0.343. The minimum Gasteiger partial charge on any atom is -0.490 e. The molecule has 0 aliphatic carbocycles. The maximum Gasteiger partial charge on any atom is 0.236 e. The summed E-state index contributed by atoms with van der Waals surface area (Å²) >= 11 is 0. The van der Waals surface area contributed by atoms with Gasteiger partial charge in [-0.1, -0.05) is 24.3 Å². The van der Waals surface area contributed by atoms with Crippen LogP contribution < -0.4 is 15.2 Å². The van der Waals surface area contributed by atoms with E-state index in [0.717, 1.165) is 5.56 Å². The molecule has 0 saturated carbocycles. The number of benzene rings is 2. The Labute approximate surface area is 124 Å². The predicted octanol–water partition coefficient (Wildman–Crippen LogP) is 2.40. The Kier molecular flexibility index (Phi) is 4.70. The number of rotatable bonds is 6. The van der Waals surface area contributed by atoms with E-state index in [0.29, 0.717) is 17.1 Å². The van der Waals surface area contributed by atoms with Gasteiger partial charge in [0.2, 0.25) is 10.0 Å². The molecular formula is C15H18N2O3S. The van der Waals surface area contributed by atoms with Gasteiger partial charge >= 0.3 is 0 Å². The zero-order valence-corrected chi connectivity index (χ0v) is 12.6. The Bertz CT molecular complexity index is 714. The molecule has 0 radical (unpaired) electrons. The van der Waals surface area contributed by atoms with Crippen LogP contribution >= 0.6 is 0 Å². The van der Waals surface area contributed by atoms with Crippen LogP contribution in [0.25, 0.3) is 0 Å². The van der Waals surface area contributed by atoms with Crippen molar-refractivity contribution in [1.29, 1.82) is 0 Å². The minimum absolute atomic E-state index is 0.0371. The molecule has 6 heteroatoms. The lowest BCUT2D eigenvalue weighted by Gasteiger charge is -2.11. The molecule has 0 spiro atoms. The maximum absolute atomic E-state index is 12.0. The second-order valence-electron chi connectivity index (χ2n) is 4.68. The van der Waals surface area contributed by atoms with Crippen LogP contribution in [0.2, 0.25) is 0 Å². The van der Waals surface area contributed by atoms with Crippen molar-refractivity contribution in [2.24, 2.45) is 0 Å².